The molecule has 0 bridgehead atoms. The van der Waals surface area contributed by atoms with Crippen LogP contribution in [-0.2, 0) is 14.3 Å². The Labute approximate surface area is 153 Å². The average molecular weight is 359 g/mol. The second-order valence-corrected chi connectivity index (χ2v) is 6.72. The number of amides is 1. The number of carbonyl (C=O) groups excluding carboxylic acids is 2. The SMILES string of the molecule is CCCC(=O)NCCC[C@H](C)CCC(C(=O)OC)N(CCC)CCO. The summed E-state index contributed by atoms with van der Waals surface area (Å²) >= 11 is 0. The summed E-state index contributed by atoms with van der Waals surface area (Å²) in [7, 11) is 1.42. The monoisotopic (exact) mass is 358 g/mol. The highest BCUT2D eigenvalue weighted by Crippen LogP contribution is 2.18. The largest absolute Gasteiger partial charge is 0.468 e. The third-order valence-electron chi connectivity index (χ3n) is 4.42. The number of methoxy groups -OCH3 is 1. The normalized spacial score (nSPS) is 13.5. The van der Waals surface area contributed by atoms with Crippen molar-refractivity contribution in [1.29, 1.82) is 0 Å². The number of hydrogen-bond donors (Lipinski definition) is 2. The van der Waals surface area contributed by atoms with E-state index in [-0.39, 0.29) is 24.5 Å². The molecule has 6 heteroatoms. The molecular formula is C19H38N2O4. The first-order valence-corrected chi connectivity index (χ1v) is 9.69. The zero-order chi connectivity index (χ0) is 19.1. The van der Waals surface area contributed by atoms with Crippen molar-refractivity contribution in [3.8, 4) is 0 Å². The van der Waals surface area contributed by atoms with Gasteiger partial charge in [0.25, 0.3) is 0 Å². The molecule has 0 fully saturated rings. The second-order valence-electron chi connectivity index (χ2n) is 6.72. The van der Waals surface area contributed by atoms with Crippen molar-refractivity contribution >= 4 is 11.9 Å². The van der Waals surface area contributed by atoms with E-state index in [9.17, 15) is 14.7 Å². The van der Waals surface area contributed by atoms with Crippen LogP contribution < -0.4 is 5.32 Å². The van der Waals surface area contributed by atoms with E-state index in [1.54, 1.807) is 0 Å². The second kappa shape index (κ2) is 15.1. The van der Waals surface area contributed by atoms with Crippen LogP contribution in [0.3, 0.4) is 0 Å². The molecule has 0 rings (SSSR count). The van der Waals surface area contributed by atoms with Crippen LogP contribution in [-0.4, -0.2) is 61.3 Å². The third kappa shape index (κ3) is 11.2. The van der Waals surface area contributed by atoms with Gasteiger partial charge in [-0.1, -0.05) is 20.8 Å². The minimum Gasteiger partial charge on any atom is -0.468 e. The minimum absolute atomic E-state index is 0.0422. The summed E-state index contributed by atoms with van der Waals surface area (Å²) in [6, 6.07) is -0.288. The van der Waals surface area contributed by atoms with Crippen molar-refractivity contribution in [2.24, 2.45) is 5.92 Å². The Kier molecular flexibility index (Phi) is 14.5. The Morgan fingerprint density at radius 2 is 1.84 bits per heavy atom. The van der Waals surface area contributed by atoms with Crippen molar-refractivity contribution in [2.45, 2.75) is 71.8 Å². The summed E-state index contributed by atoms with van der Waals surface area (Å²) in [5.41, 5.74) is 0. The smallest absolute Gasteiger partial charge is 0.323 e. The van der Waals surface area contributed by atoms with E-state index >= 15 is 0 Å². The van der Waals surface area contributed by atoms with Crippen LogP contribution in [0.2, 0.25) is 0 Å². The molecule has 6 nitrogen and oxygen atoms in total. The molecule has 1 unspecified atom stereocenters. The molecule has 0 aliphatic heterocycles. The molecule has 0 spiro atoms. The van der Waals surface area contributed by atoms with Gasteiger partial charge in [0.15, 0.2) is 0 Å². The lowest BCUT2D eigenvalue weighted by Gasteiger charge is -2.29. The van der Waals surface area contributed by atoms with E-state index < -0.39 is 0 Å². The van der Waals surface area contributed by atoms with Crippen molar-refractivity contribution in [3.63, 3.8) is 0 Å². The van der Waals surface area contributed by atoms with Gasteiger partial charge in [-0.2, -0.15) is 0 Å². The standard InChI is InChI=1S/C19H38N2O4/c1-5-8-18(23)20-12-7-9-16(3)10-11-17(19(24)25-4)21(13-6-2)14-15-22/h16-17,22H,5-15H2,1-4H3,(H,20,23)/t16-,17?/m0/s1. The Balaban J connectivity index is 4.29. The molecular weight excluding hydrogens is 320 g/mol. The highest BCUT2D eigenvalue weighted by molar-refractivity contribution is 5.76. The van der Waals surface area contributed by atoms with Crippen LogP contribution in [0.15, 0.2) is 0 Å². The van der Waals surface area contributed by atoms with Gasteiger partial charge < -0.3 is 15.2 Å². The molecule has 0 aliphatic rings. The highest BCUT2D eigenvalue weighted by Gasteiger charge is 2.26. The van der Waals surface area contributed by atoms with Gasteiger partial charge in [0.05, 0.1) is 13.7 Å². The quantitative estimate of drug-likeness (QED) is 0.347. The van der Waals surface area contributed by atoms with Crippen molar-refractivity contribution in [1.82, 2.24) is 10.2 Å². The lowest BCUT2D eigenvalue weighted by molar-refractivity contribution is -0.147. The van der Waals surface area contributed by atoms with Crippen molar-refractivity contribution in [2.75, 3.05) is 33.4 Å². The maximum Gasteiger partial charge on any atom is 0.323 e. The van der Waals surface area contributed by atoms with Crippen LogP contribution in [0.5, 0.6) is 0 Å². The van der Waals surface area contributed by atoms with Gasteiger partial charge in [0.1, 0.15) is 6.04 Å². The molecule has 2 N–H and O–H groups in total. The average Bonchev–Trinajstić information content (AvgIpc) is 2.59. The van der Waals surface area contributed by atoms with E-state index in [1.165, 1.54) is 7.11 Å². The van der Waals surface area contributed by atoms with Crippen LogP contribution in [0, 0.1) is 5.92 Å². The molecule has 0 heterocycles. The zero-order valence-corrected chi connectivity index (χ0v) is 16.6. The molecule has 0 aromatic heterocycles. The van der Waals surface area contributed by atoms with Crippen LogP contribution in [0.1, 0.15) is 65.7 Å². The molecule has 0 saturated heterocycles. The molecule has 0 radical (unpaired) electrons. The van der Waals surface area contributed by atoms with E-state index in [0.717, 1.165) is 51.6 Å². The fourth-order valence-corrected chi connectivity index (χ4v) is 3.01. The summed E-state index contributed by atoms with van der Waals surface area (Å²) in [4.78, 5) is 25.6. The van der Waals surface area contributed by atoms with E-state index in [2.05, 4.69) is 19.2 Å². The van der Waals surface area contributed by atoms with E-state index in [1.807, 2.05) is 11.8 Å². The predicted molar refractivity (Wildman–Crippen MR) is 100 cm³/mol. The minimum atomic E-state index is -0.288. The Hall–Kier alpha value is -1.14. The third-order valence-corrected chi connectivity index (χ3v) is 4.42. The molecule has 0 saturated carbocycles. The molecule has 0 aliphatic carbocycles. The number of nitrogens with zero attached hydrogens (tertiary/aromatic N) is 1. The number of hydrogen-bond acceptors (Lipinski definition) is 5. The van der Waals surface area contributed by atoms with Gasteiger partial charge in [-0.15, -0.1) is 0 Å². The summed E-state index contributed by atoms with van der Waals surface area (Å²) in [6.07, 6.45) is 6.03. The number of aliphatic hydroxyl groups excluding tert-OH is 1. The first kappa shape index (κ1) is 23.9. The van der Waals surface area contributed by atoms with E-state index in [4.69, 9.17) is 4.74 Å². The summed E-state index contributed by atoms with van der Waals surface area (Å²) in [5.74, 6) is 0.383. The summed E-state index contributed by atoms with van der Waals surface area (Å²) in [5, 5.41) is 12.2. The topological polar surface area (TPSA) is 78.9 Å². The van der Waals surface area contributed by atoms with Gasteiger partial charge >= 0.3 is 5.97 Å². The number of ether oxygens (including phenoxy) is 1. The molecule has 1 amide bonds. The maximum absolute atomic E-state index is 12.1. The molecule has 148 valence electrons. The van der Waals surface area contributed by atoms with Crippen molar-refractivity contribution in [3.05, 3.63) is 0 Å². The number of esters is 1. The van der Waals surface area contributed by atoms with Gasteiger partial charge in [-0.25, -0.2) is 0 Å². The number of rotatable bonds is 15. The molecule has 25 heavy (non-hydrogen) atoms. The fraction of sp³-hybridized carbons (Fsp3) is 0.895. The fourth-order valence-electron chi connectivity index (χ4n) is 3.01. The zero-order valence-electron chi connectivity index (χ0n) is 16.6. The van der Waals surface area contributed by atoms with Crippen LogP contribution in [0.25, 0.3) is 0 Å². The maximum atomic E-state index is 12.1. The predicted octanol–water partition coefficient (Wildman–Crippen LogP) is 2.35. The summed E-state index contributed by atoms with van der Waals surface area (Å²) in [6.45, 7) is 8.27. The number of nitrogens with one attached hydrogen (secondary N) is 1. The van der Waals surface area contributed by atoms with Gasteiger partial charge in [0, 0.05) is 19.5 Å². The van der Waals surface area contributed by atoms with Crippen molar-refractivity contribution < 1.29 is 19.4 Å². The number of carbonyl (C=O) groups is 2. The lowest BCUT2D eigenvalue weighted by atomic mass is 9.96. The van der Waals surface area contributed by atoms with Crippen LogP contribution in [0.4, 0.5) is 0 Å². The van der Waals surface area contributed by atoms with Gasteiger partial charge in [-0.3, -0.25) is 14.5 Å². The van der Waals surface area contributed by atoms with Gasteiger partial charge in [0.2, 0.25) is 5.91 Å². The first-order chi connectivity index (χ1) is 12.0. The Morgan fingerprint density at radius 3 is 2.40 bits per heavy atom. The Bertz CT molecular complexity index is 357. The number of aliphatic hydroxyl groups is 1. The molecule has 2 atom stereocenters. The first-order valence-electron chi connectivity index (χ1n) is 9.69. The Morgan fingerprint density at radius 1 is 1.12 bits per heavy atom. The molecule has 0 aromatic carbocycles. The van der Waals surface area contributed by atoms with E-state index in [0.29, 0.717) is 18.9 Å². The highest BCUT2D eigenvalue weighted by atomic mass is 16.5. The summed E-state index contributed by atoms with van der Waals surface area (Å²) < 4.78 is 4.96. The van der Waals surface area contributed by atoms with Gasteiger partial charge in [-0.05, 0) is 51.0 Å². The lowest BCUT2D eigenvalue weighted by Crippen LogP contribution is -2.44. The van der Waals surface area contributed by atoms with Crippen LogP contribution >= 0.6 is 0 Å². The molecule has 0 aromatic rings.